The SMILES string of the molecule is CC12CCCCC1(C)N(c1ccc3c(c1)C1(c4ccccc4N(c4ccccc4)c4ccccc41)c1c-3c3ccccc3c3cc(N4c5ccccc5C5(C)CCCCC45C)ccc13)c1ccccc12. The van der Waals surface area contributed by atoms with Gasteiger partial charge >= 0.3 is 0 Å². The first-order valence-electron chi connectivity index (χ1n) is 26.2. The van der Waals surface area contributed by atoms with Crippen LogP contribution in [-0.2, 0) is 16.2 Å². The van der Waals surface area contributed by atoms with Crippen molar-refractivity contribution < 1.29 is 0 Å². The van der Waals surface area contributed by atoms with E-state index in [1.165, 1.54) is 151 Å². The Labute approximate surface area is 413 Å². The van der Waals surface area contributed by atoms with Gasteiger partial charge in [0.1, 0.15) is 0 Å². The van der Waals surface area contributed by atoms with Crippen LogP contribution < -0.4 is 14.7 Å². The van der Waals surface area contributed by atoms with Crippen LogP contribution in [-0.4, -0.2) is 11.1 Å². The predicted molar refractivity (Wildman–Crippen MR) is 293 cm³/mol. The highest BCUT2D eigenvalue weighted by Crippen LogP contribution is 2.68. The van der Waals surface area contributed by atoms with Gasteiger partial charge in [0.05, 0.1) is 27.9 Å². The fraction of sp³-hybridized carbons (Fsp3) is 0.254. The van der Waals surface area contributed by atoms with Gasteiger partial charge < -0.3 is 14.7 Å². The standard InChI is InChI=1S/C67H59N3/c1-63-38-18-20-40-65(63,3)69(59-32-16-10-26-52(59)63)45-34-36-49-51(42-45)47-24-8-9-25-48(47)61-50-37-35-46(70-60-33-17-11-27-53(60)64(2)39-19-21-41-66(64,70)4)43-56(50)67(62(49)61)54-28-12-14-30-57(54)68(44-22-6-5-7-23-44)58-31-15-13-29-55(58)67/h5-17,22-37,42-43H,18-21,38-41H2,1-4H3. The molecule has 9 aromatic rings. The average Bonchev–Trinajstić information content (AvgIpc) is 3.90. The third-order valence-electron chi connectivity index (χ3n) is 19.7. The Balaban J connectivity index is 1.06. The number of hydrogen-bond donors (Lipinski definition) is 0. The summed E-state index contributed by atoms with van der Waals surface area (Å²) in [7, 11) is 0. The van der Waals surface area contributed by atoms with Gasteiger partial charge in [-0.05, 0) is 166 Å². The molecule has 2 fully saturated rings. The summed E-state index contributed by atoms with van der Waals surface area (Å²) in [5, 5.41) is 5.29. The van der Waals surface area contributed by atoms with E-state index in [-0.39, 0.29) is 21.9 Å². The van der Waals surface area contributed by atoms with Crippen molar-refractivity contribution in [1.29, 1.82) is 0 Å². The van der Waals surface area contributed by atoms with Gasteiger partial charge in [0.2, 0.25) is 0 Å². The lowest BCUT2D eigenvalue weighted by molar-refractivity contribution is 0.195. The van der Waals surface area contributed by atoms with Gasteiger partial charge in [0.15, 0.2) is 0 Å². The van der Waals surface area contributed by atoms with Crippen LogP contribution in [0, 0.1) is 0 Å². The highest BCUT2D eigenvalue weighted by Gasteiger charge is 2.60. The number of nitrogens with zero attached hydrogens (tertiary/aromatic N) is 3. The molecule has 9 aromatic carbocycles. The molecule has 2 saturated carbocycles. The lowest BCUT2D eigenvalue weighted by Crippen LogP contribution is -2.54. The molecule has 3 aliphatic carbocycles. The summed E-state index contributed by atoms with van der Waals surface area (Å²) in [6.45, 7) is 10.2. The van der Waals surface area contributed by atoms with Crippen LogP contribution in [0.2, 0.25) is 0 Å². The summed E-state index contributed by atoms with van der Waals surface area (Å²) in [6.07, 6.45) is 9.80. The van der Waals surface area contributed by atoms with Crippen molar-refractivity contribution in [2.24, 2.45) is 0 Å². The van der Waals surface area contributed by atoms with Crippen LogP contribution in [0.15, 0.2) is 188 Å². The first-order chi connectivity index (χ1) is 34.2. The molecule has 70 heavy (non-hydrogen) atoms. The normalized spacial score (nSPS) is 25.2. The van der Waals surface area contributed by atoms with Gasteiger partial charge in [-0.3, -0.25) is 0 Å². The predicted octanol–water partition coefficient (Wildman–Crippen LogP) is 17.6. The Kier molecular flexibility index (Phi) is 8.17. The van der Waals surface area contributed by atoms with E-state index >= 15 is 0 Å². The largest absolute Gasteiger partial charge is 0.334 e. The fourth-order valence-corrected chi connectivity index (χ4v) is 16.2. The molecule has 342 valence electrons. The molecule has 4 unspecified atom stereocenters. The van der Waals surface area contributed by atoms with E-state index in [0.29, 0.717) is 0 Å². The quantitative estimate of drug-likeness (QED) is 0.164. The Morgan fingerprint density at radius 3 is 1.41 bits per heavy atom. The molecule has 4 atom stereocenters. The Hall–Kier alpha value is -7.10. The third-order valence-corrected chi connectivity index (χ3v) is 19.7. The minimum atomic E-state index is -0.646. The van der Waals surface area contributed by atoms with Crippen molar-refractivity contribution in [2.45, 2.75) is 106 Å². The monoisotopic (exact) mass is 905 g/mol. The zero-order valence-electron chi connectivity index (χ0n) is 40.9. The van der Waals surface area contributed by atoms with Gasteiger partial charge in [0.25, 0.3) is 0 Å². The molecular weight excluding hydrogens is 847 g/mol. The molecular formula is C67H59N3. The highest BCUT2D eigenvalue weighted by atomic mass is 15.3. The number of fused-ring (bicyclic) bond motifs is 20. The highest BCUT2D eigenvalue weighted by molar-refractivity contribution is 6.20. The van der Waals surface area contributed by atoms with Gasteiger partial charge in [0, 0.05) is 39.3 Å². The summed E-state index contributed by atoms with van der Waals surface area (Å²) in [5.41, 5.74) is 19.4. The van der Waals surface area contributed by atoms with Crippen LogP contribution in [0.25, 0.3) is 32.7 Å². The zero-order chi connectivity index (χ0) is 46.8. The molecule has 0 radical (unpaired) electrons. The molecule has 0 saturated heterocycles. The minimum absolute atomic E-state index is 0.0373. The number of anilines is 7. The van der Waals surface area contributed by atoms with Crippen molar-refractivity contribution in [1.82, 2.24) is 0 Å². The molecule has 3 heterocycles. The first kappa shape index (κ1) is 40.8. The van der Waals surface area contributed by atoms with Crippen molar-refractivity contribution in [3.8, 4) is 11.1 Å². The average molecular weight is 906 g/mol. The van der Waals surface area contributed by atoms with E-state index in [4.69, 9.17) is 0 Å². The van der Waals surface area contributed by atoms with Gasteiger partial charge in [-0.15, -0.1) is 0 Å². The molecule has 0 N–H and O–H groups in total. The van der Waals surface area contributed by atoms with Crippen LogP contribution in [0.5, 0.6) is 0 Å². The first-order valence-corrected chi connectivity index (χ1v) is 26.2. The van der Waals surface area contributed by atoms with E-state index in [9.17, 15) is 0 Å². The fourth-order valence-electron chi connectivity index (χ4n) is 16.2. The number of rotatable bonds is 3. The van der Waals surface area contributed by atoms with Crippen LogP contribution in [0.3, 0.4) is 0 Å². The van der Waals surface area contributed by atoms with Gasteiger partial charge in [-0.1, -0.05) is 167 Å². The van der Waals surface area contributed by atoms with Gasteiger partial charge in [-0.2, -0.15) is 0 Å². The number of hydrogen-bond acceptors (Lipinski definition) is 3. The molecule has 6 aliphatic rings. The Morgan fingerprint density at radius 1 is 0.343 bits per heavy atom. The molecule has 0 aromatic heterocycles. The second kappa shape index (κ2) is 14.0. The van der Waals surface area contributed by atoms with Crippen molar-refractivity contribution in [3.05, 3.63) is 221 Å². The van der Waals surface area contributed by atoms with E-state index in [1.807, 2.05) is 0 Å². The van der Waals surface area contributed by atoms with Crippen LogP contribution >= 0.6 is 0 Å². The summed E-state index contributed by atoms with van der Waals surface area (Å²) >= 11 is 0. The Morgan fingerprint density at radius 2 is 0.814 bits per heavy atom. The molecule has 15 rings (SSSR count). The van der Waals surface area contributed by atoms with Crippen molar-refractivity contribution >= 4 is 61.4 Å². The minimum Gasteiger partial charge on any atom is -0.334 e. The lowest BCUT2D eigenvalue weighted by Gasteiger charge is -2.50. The van der Waals surface area contributed by atoms with Crippen LogP contribution in [0.1, 0.15) is 112 Å². The molecule has 3 heteroatoms. The third kappa shape index (κ3) is 4.78. The van der Waals surface area contributed by atoms with E-state index in [2.05, 4.69) is 230 Å². The zero-order valence-corrected chi connectivity index (χ0v) is 40.9. The maximum Gasteiger partial charge on any atom is 0.0761 e. The lowest BCUT2D eigenvalue weighted by atomic mass is 9.61. The van der Waals surface area contributed by atoms with E-state index in [0.717, 1.165) is 6.42 Å². The van der Waals surface area contributed by atoms with E-state index < -0.39 is 5.41 Å². The van der Waals surface area contributed by atoms with Crippen molar-refractivity contribution in [2.75, 3.05) is 14.7 Å². The second-order valence-corrected chi connectivity index (χ2v) is 22.5. The summed E-state index contributed by atoms with van der Waals surface area (Å²) in [6, 6.07) is 73.1. The number of para-hydroxylation sites is 5. The van der Waals surface area contributed by atoms with E-state index in [1.54, 1.807) is 0 Å². The summed E-state index contributed by atoms with van der Waals surface area (Å²) in [5.74, 6) is 0. The smallest absolute Gasteiger partial charge is 0.0761 e. The van der Waals surface area contributed by atoms with Crippen molar-refractivity contribution in [3.63, 3.8) is 0 Å². The summed E-state index contributed by atoms with van der Waals surface area (Å²) < 4.78 is 0. The van der Waals surface area contributed by atoms with Gasteiger partial charge in [-0.25, -0.2) is 0 Å². The van der Waals surface area contributed by atoms with Crippen LogP contribution in [0.4, 0.5) is 39.8 Å². The number of benzene rings is 9. The Bertz CT molecular complexity index is 3640. The maximum atomic E-state index is 2.78. The maximum absolute atomic E-state index is 2.78. The molecule has 0 amide bonds. The molecule has 1 spiro atoms. The second-order valence-electron chi connectivity index (χ2n) is 22.5. The molecule has 0 bridgehead atoms. The summed E-state index contributed by atoms with van der Waals surface area (Å²) in [4.78, 5) is 8.07. The topological polar surface area (TPSA) is 9.72 Å². The molecule has 3 nitrogen and oxygen atoms in total. The molecule has 3 aliphatic heterocycles.